The van der Waals surface area contributed by atoms with Crippen LogP contribution in [0.3, 0.4) is 0 Å². The monoisotopic (exact) mass is 609 g/mol. The van der Waals surface area contributed by atoms with Crippen molar-refractivity contribution < 1.29 is 0 Å². The number of aromatic nitrogens is 4. The van der Waals surface area contributed by atoms with E-state index >= 15 is 0 Å². The van der Waals surface area contributed by atoms with Gasteiger partial charge in [-0.1, -0.05) is 97.1 Å². The number of fused-ring (bicyclic) bond motifs is 13. The molecular weight excluding hydrogens is 587 g/mol. The summed E-state index contributed by atoms with van der Waals surface area (Å²) in [7, 11) is 0. The fraction of sp³-hybridized carbons (Fsp3) is 0. The molecule has 0 radical (unpaired) electrons. The molecule has 48 heavy (non-hydrogen) atoms. The predicted molar refractivity (Wildman–Crippen MR) is 196 cm³/mol. The first kappa shape index (κ1) is 25.4. The minimum absolute atomic E-state index is 0.598. The van der Waals surface area contributed by atoms with Gasteiger partial charge in [-0.05, 0) is 53.2 Å². The standard InChI is InChI=1S/C43H23N5/c44-24-25-10-9-12-27(22-25)41-30-15-3-6-17-33(30)45-43(46-41)48-36-21-20-26-11-1-2-13-28(26)38(36)40-37(48)23-32-29-14-4-7-18-34(29)47-35-19-8-5-16-31(35)39(40)42(32)47/h1-23H. The number of hydrogen-bond donors (Lipinski definition) is 0. The van der Waals surface area contributed by atoms with Crippen molar-refractivity contribution in [2.24, 2.45) is 0 Å². The summed E-state index contributed by atoms with van der Waals surface area (Å²) in [6.07, 6.45) is 0. The second kappa shape index (κ2) is 9.16. The molecule has 0 aliphatic rings. The Kier molecular flexibility index (Phi) is 4.85. The Labute approximate surface area is 273 Å². The Hall–Kier alpha value is -6.77. The van der Waals surface area contributed by atoms with Crippen molar-refractivity contribution in [1.82, 2.24) is 18.9 Å². The van der Waals surface area contributed by atoms with Crippen LogP contribution in [0.1, 0.15) is 5.56 Å². The third-order valence-corrected chi connectivity index (χ3v) is 10.0. The van der Waals surface area contributed by atoms with Crippen LogP contribution < -0.4 is 0 Å². The number of para-hydroxylation sites is 3. The Morgan fingerprint density at radius 1 is 0.500 bits per heavy atom. The van der Waals surface area contributed by atoms with Crippen LogP contribution in [0.5, 0.6) is 0 Å². The van der Waals surface area contributed by atoms with Crippen molar-refractivity contribution in [2.75, 3.05) is 0 Å². The maximum Gasteiger partial charge on any atom is 0.235 e. The van der Waals surface area contributed by atoms with E-state index in [0.29, 0.717) is 11.5 Å². The molecule has 0 aliphatic heterocycles. The fourth-order valence-electron chi connectivity index (χ4n) is 8.11. The fourth-order valence-corrected chi connectivity index (χ4v) is 8.11. The van der Waals surface area contributed by atoms with Gasteiger partial charge in [0.05, 0.1) is 50.4 Å². The molecule has 0 saturated carbocycles. The molecule has 5 heteroatoms. The van der Waals surface area contributed by atoms with Gasteiger partial charge < -0.3 is 4.40 Å². The molecule has 7 aromatic carbocycles. The Balaban J connectivity index is 1.40. The largest absolute Gasteiger partial charge is 0.308 e. The zero-order valence-corrected chi connectivity index (χ0v) is 25.5. The highest BCUT2D eigenvalue weighted by molar-refractivity contribution is 6.38. The van der Waals surface area contributed by atoms with E-state index in [2.05, 4.69) is 112 Å². The van der Waals surface area contributed by atoms with Crippen molar-refractivity contribution in [1.29, 1.82) is 5.26 Å². The van der Waals surface area contributed by atoms with Gasteiger partial charge in [0.25, 0.3) is 0 Å². The zero-order valence-electron chi connectivity index (χ0n) is 25.5. The first-order valence-corrected chi connectivity index (χ1v) is 16.1. The molecule has 220 valence electrons. The van der Waals surface area contributed by atoms with Crippen molar-refractivity contribution in [2.45, 2.75) is 0 Å². The lowest BCUT2D eigenvalue weighted by molar-refractivity contribution is 1.01. The first-order chi connectivity index (χ1) is 23.8. The van der Waals surface area contributed by atoms with E-state index in [0.717, 1.165) is 33.2 Å². The van der Waals surface area contributed by atoms with Crippen LogP contribution in [0.2, 0.25) is 0 Å². The van der Waals surface area contributed by atoms with E-state index in [1.807, 2.05) is 42.5 Å². The highest BCUT2D eigenvalue weighted by Gasteiger charge is 2.26. The van der Waals surface area contributed by atoms with Crippen LogP contribution in [-0.2, 0) is 0 Å². The lowest BCUT2D eigenvalue weighted by Gasteiger charge is -2.12. The first-order valence-electron chi connectivity index (χ1n) is 16.1. The van der Waals surface area contributed by atoms with Crippen molar-refractivity contribution in [3.63, 3.8) is 0 Å². The second-order valence-electron chi connectivity index (χ2n) is 12.5. The van der Waals surface area contributed by atoms with Crippen molar-refractivity contribution >= 4 is 81.6 Å². The van der Waals surface area contributed by atoms with Crippen molar-refractivity contribution in [3.05, 3.63) is 145 Å². The molecule has 0 N–H and O–H groups in total. The zero-order chi connectivity index (χ0) is 31.5. The molecule has 11 rings (SSSR count). The van der Waals surface area contributed by atoms with Gasteiger partial charge in [0, 0.05) is 43.3 Å². The van der Waals surface area contributed by atoms with Crippen LogP contribution in [-0.4, -0.2) is 18.9 Å². The van der Waals surface area contributed by atoms with Gasteiger partial charge in [0.2, 0.25) is 5.95 Å². The smallest absolute Gasteiger partial charge is 0.235 e. The highest BCUT2D eigenvalue weighted by Crippen LogP contribution is 2.48. The number of hydrogen-bond acceptors (Lipinski definition) is 3. The van der Waals surface area contributed by atoms with Crippen LogP contribution in [0.4, 0.5) is 0 Å². The topological polar surface area (TPSA) is 58.9 Å². The third kappa shape index (κ3) is 3.18. The molecule has 5 nitrogen and oxygen atoms in total. The van der Waals surface area contributed by atoms with E-state index < -0.39 is 0 Å². The number of nitrogens with zero attached hydrogens (tertiary/aromatic N) is 5. The van der Waals surface area contributed by atoms with E-state index in [1.165, 1.54) is 59.6 Å². The molecule has 4 aromatic heterocycles. The Bertz CT molecular complexity index is 3190. The molecule has 0 aliphatic carbocycles. The van der Waals surface area contributed by atoms with Gasteiger partial charge in [-0.15, -0.1) is 0 Å². The van der Waals surface area contributed by atoms with E-state index in [-0.39, 0.29) is 0 Å². The molecule has 0 fully saturated rings. The average Bonchev–Trinajstić information content (AvgIpc) is 3.79. The molecule has 0 atom stereocenters. The summed E-state index contributed by atoms with van der Waals surface area (Å²) in [6, 6.07) is 51.0. The summed E-state index contributed by atoms with van der Waals surface area (Å²) < 4.78 is 4.69. The van der Waals surface area contributed by atoms with Gasteiger partial charge in [0.15, 0.2) is 0 Å². The normalized spacial score (nSPS) is 12.1. The number of benzene rings is 7. The molecule has 0 spiro atoms. The quantitative estimate of drug-likeness (QED) is 0.196. The summed E-state index contributed by atoms with van der Waals surface area (Å²) in [5.41, 5.74) is 8.90. The van der Waals surface area contributed by atoms with Gasteiger partial charge in [-0.2, -0.15) is 5.26 Å². The highest BCUT2D eigenvalue weighted by atomic mass is 15.2. The SMILES string of the molecule is N#Cc1cccc(-c2nc(-n3c4ccc5ccccc5c4c4c5c6ccccc6n6c7ccccc7c(cc43)c56)nc3ccccc23)c1. The molecule has 0 bridgehead atoms. The predicted octanol–water partition coefficient (Wildman–Crippen LogP) is 10.6. The molecular formula is C43H23N5. The van der Waals surface area contributed by atoms with Crippen molar-refractivity contribution in [3.8, 4) is 23.3 Å². The molecule has 11 aromatic rings. The molecule has 0 unspecified atom stereocenters. The van der Waals surface area contributed by atoms with Gasteiger partial charge in [-0.25, -0.2) is 9.97 Å². The molecule has 0 saturated heterocycles. The van der Waals surface area contributed by atoms with Gasteiger partial charge >= 0.3 is 0 Å². The second-order valence-corrected chi connectivity index (χ2v) is 12.5. The molecule has 0 amide bonds. The summed E-state index contributed by atoms with van der Waals surface area (Å²) in [5, 5.41) is 20.4. The third-order valence-electron chi connectivity index (χ3n) is 10.0. The van der Waals surface area contributed by atoms with Crippen LogP contribution >= 0.6 is 0 Å². The van der Waals surface area contributed by atoms with Crippen LogP contribution in [0.15, 0.2) is 140 Å². The summed E-state index contributed by atoms with van der Waals surface area (Å²) in [4.78, 5) is 10.6. The molecule has 4 heterocycles. The maximum absolute atomic E-state index is 9.73. The lowest BCUT2D eigenvalue weighted by atomic mass is 9.99. The van der Waals surface area contributed by atoms with Crippen LogP contribution in [0.25, 0.3) is 98.8 Å². The summed E-state index contributed by atoms with van der Waals surface area (Å²) >= 11 is 0. The van der Waals surface area contributed by atoms with Gasteiger partial charge in [-0.3, -0.25) is 4.57 Å². The van der Waals surface area contributed by atoms with E-state index in [1.54, 1.807) is 0 Å². The summed E-state index contributed by atoms with van der Waals surface area (Å²) in [5.74, 6) is 0.600. The van der Waals surface area contributed by atoms with E-state index in [4.69, 9.17) is 9.97 Å². The number of nitriles is 1. The minimum atomic E-state index is 0.598. The Morgan fingerprint density at radius 2 is 1.23 bits per heavy atom. The van der Waals surface area contributed by atoms with Gasteiger partial charge in [0.1, 0.15) is 0 Å². The average molecular weight is 610 g/mol. The maximum atomic E-state index is 9.73. The lowest BCUT2D eigenvalue weighted by Crippen LogP contribution is -2.03. The minimum Gasteiger partial charge on any atom is -0.308 e. The van der Waals surface area contributed by atoms with E-state index in [9.17, 15) is 5.26 Å². The Morgan fingerprint density at radius 3 is 2.08 bits per heavy atom. The number of rotatable bonds is 2. The summed E-state index contributed by atoms with van der Waals surface area (Å²) in [6.45, 7) is 0. The van der Waals surface area contributed by atoms with Crippen LogP contribution in [0, 0.1) is 11.3 Å².